The molecule has 1 aromatic rings. The van der Waals surface area contributed by atoms with E-state index in [1.807, 2.05) is 12.1 Å². The van der Waals surface area contributed by atoms with Crippen LogP contribution in [0.5, 0.6) is 0 Å². The lowest BCUT2D eigenvalue weighted by molar-refractivity contribution is 1.14. The predicted molar refractivity (Wildman–Crippen MR) is 52.3 cm³/mol. The molecule has 54 valence electrons. The largest absolute Gasteiger partial charge is 0.244 e. The van der Waals surface area contributed by atoms with Gasteiger partial charge >= 0.3 is 0 Å². The number of hydrogen-bond donors (Lipinski definition) is 0. The van der Waals surface area contributed by atoms with Crippen LogP contribution in [0.2, 0.25) is 0 Å². The van der Waals surface area contributed by atoms with Crippen molar-refractivity contribution in [2.75, 3.05) is 0 Å². The Balaban J connectivity index is 3.04. The summed E-state index contributed by atoms with van der Waals surface area (Å²) in [5.41, 5.74) is 1.02. The van der Waals surface area contributed by atoms with Gasteiger partial charge in [-0.25, -0.2) is 4.98 Å². The number of nitrogens with zero attached hydrogens (tertiary/aromatic N) is 1. The quantitative estimate of drug-likeness (QED) is 0.567. The zero-order valence-electron chi connectivity index (χ0n) is 4.94. The van der Waals surface area contributed by atoms with E-state index in [1.165, 1.54) is 0 Å². The van der Waals surface area contributed by atoms with Gasteiger partial charge in [0.25, 0.3) is 0 Å². The third-order valence-electron chi connectivity index (χ3n) is 0.998. The summed E-state index contributed by atoms with van der Waals surface area (Å²) in [5, 5.41) is 0.791. The average Bonchev–Trinajstić information content (AvgIpc) is 1.95. The maximum absolute atomic E-state index is 4.21. The molecule has 0 unspecified atom stereocenters. The van der Waals surface area contributed by atoms with Gasteiger partial charge in [-0.15, -0.1) is 0 Å². The first-order valence-electron chi connectivity index (χ1n) is 2.61. The fourth-order valence-electron chi connectivity index (χ4n) is 0.529. The van der Waals surface area contributed by atoms with E-state index in [9.17, 15) is 0 Å². The summed E-state index contributed by atoms with van der Waals surface area (Å²) in [5.74, 6) is 0. The first-order valence-corrected chi connectivity index (χ1v) is 5.31. The second-order valence-corrected chi connectivity index (χ2v) is 3.88. The maximum Gasteiger partial charge on any atom is 0.120 e. The van der Waals surface area contributed by atoms with Crippen LogP contribution in [0.25, 0.3) is 0 Å². The highest BCUT2D eigenvalue weighted by molar-refractivity contribution is 9.13. The molecule has 0 saturated heterocycles. The molecule has 0 aliphatic rings. The molecule has 0 aliphatic heterocycles. The minimum atomic E-state index is 0.791. The van der Waals surface area contributed by atoms with Gasteiger partial charge in [-0.2, -0.15) is 0 Å². The number of hydrogen-bond acceptors (Lipinski definition) is 1. The Morgan fingerprint density at radius 1 is 1.30 bits per heavy atom. The van der Waals surface area contributed by atoms with Gasteiger partial charge in [0.15, 0.2) is 0 Å². The summed E-state index contributed by atoms with van der Waals surface area (Å²) in [4.78, 5) is 4.21. The molecule has 1 nitrogen and oxygen atoms in total. The second kappa shape index (κ2) is 3.83. The van der Waals surface area contributed by atoms with Gasteiger partial charge in [-0.3, -0.25) is 0 Å². The third kappa shape index (κ3) is 2.04. The molecule has 4 heteroatoms. The van der Waals surface area contributed by atoms with Crippen LogP contribution in [0.15, 0.2) is 21.2 Å². The summed E-state index contributed by atoms with van der Waals surface area (Å²) < 4.78 is 1.83. The van der Waals surface area contributed by atoms with E-state index in [0.29, 0.717) is 0 Å². The minimum Gasteiger partial charge on any atom is -0.244 e. The van der Waals surface area contributed by atoms with Crippen molar-refractivity contribution in [1.29, 1.82) is 0 Å². The summed E-state index contributed by atoms with van der Waals surface area (Å²) in [6.45, 7) is 0. The van der Waals surface area contributed by atoms with Gasteiger partial charge in [0, 0.05) is 5.33 Å². The molecule has 0 saturated carbocycles. The lowest BCUT2D eigenvalue weighted by Crippen LogP contribution is -1.84. The molecule has 0 atom stereocenters. The highest BCUT2D eigenvalue weighted by atomic mass is 79.9. The monoisotopic (exact) mass is 327 g/mol. The summed E-state index contributed by atoms with van der Waals surface area (Å²) in [7, 11) is 0. The zero-order valence-corrected chi connectivity index (χ0v) is 9.70. The molecule has 10 heavy (non-hydrogen) atoms. The first kappa shape index (κ1) is 8.68. The van der Waals surface area contributed by atoms with Crippen molar-refractivity contribution in [3.63, 3.8) is 0 Å². The molecule has 0 aliphatic carbocycles. The highest BCUT2D eigenvalue weighted by Crippen LogP contribution is 2.20. The summed E-state index contributed by atoms with van der Waals surface area (Å²) >= 11 is 9.96. The number of rotatable bonds is 1. The van der Waals surface area contributed by atoms with Crippen molar-refractivity contribution < 1.29 is 0 Å². The van der Waals surface area contributed by atoms with Gasteiger partial charge in [0.1, 0.15) is 4.60 Å². The molecule has 0 bridgehead atoms. The molecule has 0 amide bonds. The van der Waals surface area contributed by atoms with Crippen LogP contribution in [0, 0.1) is 0 Å². The molecule has 0 spiro atoms. The van der Waals surface area contributed by atoms with Gasteiger partial charge in [0.05, 0.1) is 10.2 Å². The molecule has 0 fully saturated rings. The fraction of sp³-hybridized carbons (Fsp3) is 0.167. The topological polar surface area (TPSA) is 12.9 Å². The van der Waals surface area contributed by atoms with Crippen molar-refractivity contribution >= 4 is 47.8 Å². The van der Waals surface area contributed by atoms with Crippen LogP contribution < -0.4 is 0 Å². The van der Waals surface area contributed by atoms with Crippen LogP contribution in [0.4, 0.5) is 0 Å². The minimum absolute atomic E-state index is 0.791. The van der Waals surface area contributed by atoms with Gasteiger partial charge in [-0.1, -0.05) is 15.9 Å². The van der Waals surface area contributed by atoms with E-state index in [4.69, 9.17) is 0 Å². The van der Waals surface area contributed by atoms with Crippen LogP contribution in [-0.2, 0) is 5.33 Å². The molecule has 0 aromatic carbocycles. The predicted octanol–water partition coefficient (Wildman–Crippen LogP) is 3.50. The van der Waals surface area contributed by atoms with E-state index in [2.05, 4.69) is 52.8 Å². The zero-order chi connectivity index (χ0) is 7.56. The van der Waals surface area contributed by atoms with Crippen molar-refractivity contribution in [2.45, 2.75) is 5.33 Å². The summed E-state index contributed by atoms with van der Waals surface area (Å²) in [6.07, 6.45) is 0. The number of aromatic nitrogens is 1. The van der Waals surface area contributed by atoms with E-state index >= 15 is 0 Å². The number of pyridine rings is 1. The number of alkyl halides is 1. The lowest BCUT2D eigenvalue weighted by Gasteiger charge is -1.96. The van der Waals surface area contributed by atoms with Crippen molar-refractivity contribution in [3.05, 3.63) is 26.9 Å². The van der Waals surface area contributed by atoms with Crippen molar-refractivity contribution in [3.8, 4) is 0 Å². The standard InChI is InChI=1S/C6H4Br3N/c7-3-4-1-2-5(8)6(9)10-4/h1-2H,3H2. The number of halogens is 3. The molecule has 1 rings (SSSR count). The van der Waals surface area contributed by atoms with Gasteiger partial charge < -0.3 is 0 Å². The SMILES string of the molecule is BrCc1ccc(Br)c(Br)n1. The molecular formula is C6H4Br3N. The Kier molecular flexibility index (Phi) is 3.33. The maximum atomic E-state index is 4.21. The van der Waals surface area contributed by atoms with E-state index in [0.717, 1.165) is 20.1 Å². The Hall–Kier alpha value is 0.590. The highest BCUT2D eigenvalue weighted by Gasteiger charge is 1.97. The second-order valence-electron chi connectivity index (χ2n) is 1.71. The molecule has 1 heterocycles. The molecular weight excluding hydrogens is 326 g/mol. The van der Waals surface area contributed by atoms with E-state index in [1.54, 1.807) is 0 Å². The van der Waals surface area contributed by atoms with Gasteiger partial charge in [-0.05, 0) is 44.0 Å². The Bertz CT molecular complexity index is 236. The lowest BCUT2D eigenvalue weighted by atomic mass is 10.4. The smallest absolute Gasteiger partial charge is 0.120 e. The molecule has 0 N–H and O–H groups in total. The Labute approximate surface area is 84.6 Å². The van der Waals surface area contributed by atoms with E-state index < -0.39 is 0 Å². The van der Waals surface area contributed by atoms with Crippen molar-refractivity contribution in [1.82, 2.24) is 4.98 Å². The van der Waals surface area contributed by atoms with E-state index in [-0.39, 0.29) is 0 Å². The first-order chi connectivity index (χ1) is 4.74. The molecule has 1 aromatic heterocycles. The fourth-order valence-corrected chi connectivity index (χ4v) is 1.42. The van der Waals surface area contributed by atoms with Crippen LogP contribution in [0.1, 0.15) is 5.69 Å². The summed E-state index contributed by atoms with van der Waals surface area (Å²) in [6, 6.07) is 3.93. The van der Waals surface area contributed by atoms with Crippen LogP contribution in [0.3, 0.4) is 0 Å². The normalized spacial score (nSPS) is 9.90. The Morgan fingerprint density at radius 3 is 2.50 bits per heavy atom. The van der Waals surface area contributed by atoms with Gasteiger partial charge in [0.2, 0.25) is 0 Å². The van der Waals surface area contributed by atoms with Crippen molar-refractivity contribution in [2.24, 2.45) is 0 Å². The van der Waals surface area contributed by atoms with Crippen LogP contribution in [-0.4, -0.2) is 4.98 Å². The van der Waals surface area contributed by atoms with Crippen LogP contribution >= 0.6 is 47.8 Å². The Morgan fingerprint density at radius 2 is 2.00 bits per heavy atom. The third-order valence-corrected chi connectivity index (χ3v) is 3.35. The average molecular weight is 330 g/mol. The molecule has 0 radical (unpaired) electrons.